The average Bonchev–Trinajstić information content (AvgIpc) is 3.89. The van der Waals surface area contributed by atoms with E-state index in [4.69, 9.17) is 9.97 Å². The Kier molecular flexibility index (Phi) is 6.47. The van der Waals surface area contributed by atoms with Gasteiger partial charge in [-0.25, -0.2) is 9.97 Å². The maximum absolute atomic E-state index is 5.72. The van der Waals surface area contributed by atoms with Gasteiger partial charge in [0, 0.05) is 42.9 Å². The summed E-state index contributed by atoms with van der Waals surface area (Å²) in [4.78, 5) is 12.3. The summed E-state index contributed by atoms with van der Waals surface area (Å²) in [7, 11) is 0. The Labute approximate surface area is 319 Å². The Morgan fingerprint density at radius 3 is 1.91 bits per heavy atom. The molecule has 4 heterocycles. The van der Waals surface area contributed by atoms with Crippen LogP contribution in [0.2, 0.25) is 0 Å². The van der Waals surface area contributed by atoms with E-state index in [0.717, 1.165) is 65.9 Å². The van der Waals surface area contributed by atoms with E-state index in [1.165, 1.54) is 42.8 Å². The molecule has 55 heavy (non-hydrogen) atoms. The molecule has 5 heteroatoms. The van der Waals surface area contributed by atoms with Crippen LogP contribution in [0.4, 0.5) is 0 Å². The zero-order valence-corrected chi connectivity index (χ0v) is 30.3. The molecule has 12 rings (SSSR count). The molecule has 0 unspecified atom stereocenters. The maximum atomic E-state index is 5.72. The summed E-state index contributed by atoms with van der Waals surface area (Å²) < 4.78 is 5.90. The van der Waals surface area contributed by atoms with E-state index in [2.05, 4.69) is 191 Å². The van der Waals surface area contributed by atoms with Crippen LogP contribution in [0.15, 0.2) is 182 Å². The van der Waals surface area contributed by atoms with Crippen LogP contribution >= 0.6 is 11.3 Å². The normalized spacial score (nSPS) is 12.0. The Morgan fingerprint density at radius 2 is 1.09 bits per heavy atom. The van der Waals surface area contributed by atoms with Gasteiger partial charge in [-0.1, -0.05) is 133 Å². The minimum Gasteiger partial charge on any atom is -0.309 e. The lowest BCUT2D eigenvalue weighted by molar-refractivity contribution is 1.09. The lowest BCUT2D eigenvalue weighted by Crippen LogP contribution is -2.03. The van der Waals surface area contributed by atoms with E-state index in [1.807, 2.05) is 0 Å². The predicted octanol–water partition coefficient (Wildman–Crippen LogP) is 13.5. The largest absolute Gasteiger partial charge is 0.309 e. The fraction of sp³-hybridized carbons (Fsp3) is 0. The van der Waals surface area contributed by atoms with Gasteiger partial charge in [0.2, 0.25) is 0 Å². The van der Waals surface area contributed by atoms with E-state index in [1.54, 1.807) is 11.3 Å². The van der Waals surface area contributed by atoms with Crippen LogP contribution in [0.25, 0.3) is 109 Å². The van der Waals surface area contributed by atoms with Gasteiger partial charge in [-0.2, -0.15) is 0 Å². The Balaban J connectivity index is 1.23. The number of hydrogen-bond donors (Lipinski definition) is 0. The second kappa shape index (κ2) is 11.7. The van der Waals surface area contributed by atoms with E-state index < -0.39 is 0 Å². The van der Waals surface area contributed by atoms with Crippen LogP contribution in [0.3, 0.4) is 0 Å². The number of rotatable bonds is 4. The fourth-order valence-corrected chi connectivity index (χ4v) is 9.72. The first-order valence-corrected chi connectivity index (χ1v) is 19.4. The molecule has 0 aliphatic heterocycles. The third kappa shape index (κ3) is 4.51. The Bertz CT molecular complexity index is 3480. The van der Waals surface area contributed by atoms with Crippen molar-refractivity contribution in [2.75, 3.05) is 0 Å². The van der Waals surface area contributed by atoms with Crippen molar-refractivity contribution in [3.63, 3.8) is 0 Å². The molecule has 4 aromatic heterocycles. The molecule has 4 nitrogen and oxygen atoms in total. The van der Waals surface area contributed by atoms with Crippen LogP contribution in [-0.4, -0.2) is 19.1 Å². The minimum absolute atomic E-state index is 0.824. The van der Waals surface area contributed by atoms with Gasteiger partial charge >= 0.3 is 0 Å². The molecule has 0 fully saturated rings. The number of hydrogen-bond acceptors (Lipinski definition) is 3. The number of thiophene rings is 1. The highest BCUT2D eigenvalue weighted by Gasteiger charge is 2.24. The molecule has 0 saturated heterocycles. The van der Waals surface area contributed by atoms with E-state index in [0.29, 0.717) is 0 Å². The van der Waals surface area contributed by atoms with Crippen molar-refractivity contribution in [3.8, 4) is 33.9 Å². The predicted molar refractivity (Wildman–Crippen MR) is 232 cm³/mol. The summed E-state index contributed by atoms with van der Waals surface area (Å²) in [5.74, 6) is 0.824. The number of para-hydroxylation sites is 3. The van der Waals surface area contributed by atoms with Crippen molar-refractivity contribution in [2.24, 2.45) is 0 Å². The lowest BCUT2D eigenvalue weighted by Gasteiger charge is -2.14. The third-order valence-corrected chi connectivity index (χ3v) is 12.2. The van der Waals surface area contributed by atoms with Crippen LogP contribution in [0.5, 0.6) is 0 Å². The molecular weight excluding hydrogens is 689 g/mol. The third-order valence-electron chi connectivity index (χ3n) is 11.1. The van der Waals surface area contributed by atoms with Crippen LogP contribution in [0.1, 0.15) is 0 Å². The molecule has 8 aromatic carbocycles. The quantitative estimate of drug-likeness (QED) is 0.182. The molecule has 0 aliphatic carbocycles. The molecule has 0 spiro atoms. The topological polar surface area (TPSA) is 35.6 Å². The second-order valence-electron chi connectivity index (χ2n) is 14.2. The summed E-state index contributed by atoms with van der Waals surface area (Å²) in [6.07, 6.45) is 0. The molecular formula is C50H30N4S. The SMILES string of the molecule is c1ccc(-c2ccc3c(c2)sc2nc(-c4cccc5c4c4ccccc4n5-c4ccccc4)c(-n4c5ccccc5c5cc6ccccc6cc54)nc23)cc1. The Hall–Kier alpha value is -7.08. The lowest BCUT2D eigenvalue weighted by atomic mass is 10.0. The van der Waals surface area contributed by atoms with Gasteiger partial charge in [-0.3, -0.25) is 4.57 Å². The first-order valence-electron chi connectivity index (χ1n) is 18.6. The van der Waals surface area contributed by atoms with Gasteiger partial charge in [-0.15, -0.1) is 11.3 Å². The molecule has 12 aromatic rings. The van der Waals surface area contributed by atoms with Crippen LogP contribution < -0.4 is 0 Å². The molecule has 0 saturated carbocycles. The van der Waals surface area contributed by atoms with Gasteiger partial charge < -0.3 is 4.57 Å². The van der Waals surface area contributed by atoms with Crippen molar-refractivity contribution in [1.29, 1.82) is 0 Å². The van der Waals surface area contributed by atoms with Gasteiger partial charge in [0.15, 0.2) is 5.82 Å². The fourth-order valence-electron chi connectivity index (χ4n) is 8.67. The van der Waals surface area contributed by atoms with Gasteiger partial charge in [0.25, 0.3) is 0 Å². The monoisotopic (exact) mass is 718 g/mol. The van der Waals surface area contributed by atoms with E-state index >= 15 is 0 Å². The molecule has 0 atom stereocenters. The number of nitrogens with zero attached hydrogens (tertiary/aromatic N) is 4. The summed E-state index contributed by atoms with van der Waals surface area (Å²) in [6.45, 7) is 0. The van der Waals surface area contributed by atoms with Crippen molar-refractivity contribution in [1.82, 2.24) is 19.1 Å². The van der Waals surface area contributed by atoms with Crippen molar-refractivity contribution in [2.45, 2.75) is 0 Å². The van der Waals surface area contributed by atoms with Gasteiger partial charge in [-0.05, 0) is 70.4 Å². The van der Waals surface area contributed by atoms with Gasteiger partial charge in [0.1, 0.15) is 16.0 Å². The van der Waals surface area contributed by atoms with E-state index in [9.17, 15) is 0 Å². The molecule has 0 aliphatic rings. The van der Waals surface area contributed by atoms with Crippen LogP contribution in [0, 0.1) is 0 Å². The zero-order chi connectivity index (χ0) is 36.0. The number of aromatic nitrogens is 4. The maximum Gasteiger partial charge on any atom is 0.165 e. The number of fused-ring (bicyclic) bond motifs is 10. The first kappa shape index (κ1) is 30.4. The molecule has 0 amide bonds. The highest BCUT2D eigenvalue weighted by atomic mass is 32.1. The van der Waals surface area contributed by atoms with Crippen molar-refractivity contribution < 1.29 is 0 Å². The summed E-state index contributed by atoms with van der Waals surface area (Å²) in [5.41, 5.74) is 10.9. The summed E-state index contributed by atoms with van der Waals surface area (Å²) in [6, 6.07) is 65.3. The number of benzene rings is 8. The standard InChI is InChI=1S/C50H30N4S/c1-3-14-31(15-4-1)34-26-27-38-45(30-34)55-50-48(38)51-49(54-41-23-11-9-20-36(41)40-28-32-16-7-8-17-33(32)29-44(40)54)47(52-50)39-22-13-25-43-46(39)37-21-10-12-24-42(37)53(43)35-18-5-2-6-19-35/h1-30H. The minimum atomic E-state index is 0.824. The van der Waals surface area contributed by atoms with Gasteiger partial charge in [0.05, 0.1) is 22.1 Å². The van der Waals surface area contributed by atoms with E-state index in [-0.39, 0.29) is 0 Å². The Morgan fingerprint density at radius 1 is 0.418 bits per heavy atom. The molecule has 0 bridgehead atoms. The molecule has 256 valence electrons. The zero-order valence-electron chi connectivity index (χ0n) is 29.5. The summed E-state index contributed by atoms with van der Waals surface area (Å²) in [5, 5.41) is 8.26. The first-order chi connectivity index (χ1) is 27.3. The average molecular weight is 719 g/mol. The van der Waals surface area contributed by atoms with Crippen molar-refractivity contribution in [3.05, 3.63) is 182 Å². The molecule has 0 radical (unpaired) electrons. The molecule has 0 N–H and O–H groups in total. The highest BCUT2D eigenvalue weighted by molar-refractivity contribution is 7.25. The summed E-state index contributed by atoms with van der Waals surface area (Å²) >= 11 is 1.72. The van der Waals surface area contributed by atoms with Crippen molar-refractivity contribution >= 4 is 86.2 Å². The second-order valence-corrected chi connectivity index (χ2v) is 15.2. The van der Waals surface area contributed by atoms with Crippen LogP contribution in [-0.2, 0) is 0 Å². The smallest absolute Gasteiger partial charge is 0.165 e. The highest BCUT2D eigenvalue weighted by Crippen LogP contribution is 2.44.